The van der Waals surface area contributed by atoms with Crippen LogP contribution in [0.4, 0.5) is 4.39 Å². The Morgan fingerprint density at radius 1 is 1.33 bits per heavy atom. The van der Waals surface area contributed by atoms with Gasteiger partial charge in [-0.15, -0.1) is 31.4 Å². The number of nitrogens with zero attached hydrogens (tertiary/aromatic N) is 1. The third-order valence-corrected chi connectivity index (χ3v) is 3.79. The number of hydrogen-bond donors (Lipinski definition) is 1. The van der Waals surface area contributed by atoms with Crippen LogP contribution in [0, 0.1) is 5.82 Å². The van der Waals surface area contributed by atoms with Crippen molar-refractivity contribution in [1.29, 1.82) is 0 Å². The number of hydrogen-bond acceptors (Lipinski definition) is 2. The van der Waals surface area contributed by atoms with Gasteiger partial charge in [-0.3, -0.25) is 4.90 Å². The molecular weight excluding hydrogens is 334 g/mol. The van der Waals surface area contributed by atoms with Gasteiger partial charge in [0.2, 0.25) is 0 Å². The fourth-order valence-electron chi connectivity index (χ4n) is 2.58. The molecule has 1 aromatic carbocycles. The number of allylic oxidation sites excluding steroid dienone is 1. The summed E-state index contributed by atoms with van der Waals surface area (Å²) < 4.78 is 14.1. The highest BCUT2D eigenvalue weighted by Crippen LogP contribution is 2.29. The predicted octanol–water partition coefficient (Wildman–Crippen LogP) is 4.24. The molecule has 1 heterocycles. The van der Waals surface area contributed by atoms with E-state index < -0.39 is 0 Å². The molecule has 0 amide bonds. The minimum atomic E-state index is -0.208. The molecule has 0 aromatic heterocycles. The highest BCUT2D eigenvalue weighted by atomic mass is 35.5. The van der Waals surface area contributed by atoms with Crippen molar-refractivity contribution in [1.82, 2.24) is 10.2 Å². The Morgan fingerprint density at radius 2 is 2.00 bits per heavy atom. The van der Waals surface area contributed by atoms with Crippen LogP contribution in [0.3, 0.4) is 0 Å². The van der Waals surface area contributed by atoms with Crippen LogP contribution in [0.5, 0.6) is 0 Å². The van der Waals surface area contributed by atoms with Gasteiger partial charge >= 0.3 is 0 Å². The van der Waals surface area contributed by atoms with Crippen molar-refractivity contribution in [2.75, 3.05) is 26.2 Å². The first-order valence-electron chi connectivity index (χ1n) is 6.73. The van der Waals surface area contributed by atoms with Gasteiger partial charge in [-0.1, -0.05) is 23.7 Å². The van der Waals surface area contributed by atoms with Crippen molar-refractivity contribution in [3.05, 3.63) is 47.3 Å². The van der Waals surface area contributed by atoms with Crippen LogP contribution in [0.25, 0.3) is 0 Å². The summed E-state index contributed by atoms with van der Waals surface area (Å²) in [6.07, 6.45) is 3.67. The lowest BCUT2D eigenvalue weighted by atomic mass is 9.99. The molecule has 120 valence electrons. The lowest BCUT2D eigenvalue weighted by Crippen LogP contribution is -2.45. The monoisotopic (exact) mass is 354 g/mol. The summed E-state index contributed by atoms with van der Waals surface area (Å²) >= 11 is 5.83. The van der Waals surface area contributed by atoms with E-state index in [0.29, 0.717) is 5.02 Å². The van der Waals surface area contributed by atoms with E-state index in [1.165, 1.54) is 6.07 Å². The summed E-state index contributed by atoms with van der Waals surface area (Å²) in [7, 11) is 0. The minimum Gasteiger partial charge on any atom is -0.314 e. The third-order valence-electron chi connectivity index (χ3n) is 3.56. The van der Waals surface area contributed by atoms with Crippen LogP contribution in [-0.2, 0) is 0 Å². The molecule has 2 rings (SSSR count). The van der Waals surface area contributed by atoms with Gasteiger partial charge < -0.3 is 5.32 Å². The van der Waals surface area contributed by atoms with Gasteiger partial charge in [0.1, 0.15) is 5.82 Å². The Balaban J connectivity index is 0.00000200. The molecule has 21 heavy (non-hydrogen) atoms. The van der Waals surface area contributed by atoms with Crippen molar-refractivity contribution in [3.63, 3.8) is 0 Å². The molecule has 1 aliphatic heterocycles. The number of nitrogens with one attached hydrogen (secondary N) is 1. The van der Waals surface area contributed by atoms with E-state index in [-0.39, 0.29) is 36.7 Å². The molecule has 0 bridgehead atoms. The van der Waals surface area contributed by atoms with Crippen molar-refractivity contribution in [3.8, 4) is 0 Å². The molecule has 1 saturated heterocycles. The fourth-order valence-corrected chi connectivity index (χ4v) is 2.73. The number of benzene rings is 1. The van der Waals surface area contributed by atoms with Crippen molar-refractivity contribution < 1.29 is 4.39 Å². The Hall–Kier alpha value is -0.320. The van der Waals surface area contributed by atoms with Crippen molar-refractivity contribution >= 4 is 36.4 Å². The van der Waals surface area contributed by atoms with E-state index in [1.54, 1.807) is 6.07 Å². The topological polar surface area (TPSA) is 15.3 Å². The number of rotatable bonds is 5. The predicted molar refractivity (Wildman–Crippen MR) is 92.5 cm³/mol. The lowest BCUT2D eigenvalue weighted by Gasteiger charge is -2.35. The van der Waals surface area contributed by atoms with Crippen molar-refractivity contribution in [2.24, 2.45) is 0 Å². The zero-order valence-electron chi connectivity index (χ0n) is 11.9. The van der Waals surface area contributed by atoms with Crippen LogP contribution in [0.15, 0.2) is 30.9 Å². The van der Waals surface area contributed by atoms with Crippen molar-refractivity contribution in [2.45, 2.75) is 18.9 Å². The average molecular weight is 356 g/mol. The summed E-state index contributed by atoms with van der Waals surface area (Å²) in [5, 5.41) is 3.77. The number of halogens is 4. The quantitative estimate of drug-likeness (QED) is 0.795. The van der Waals surface area contributed by atoms with E-state index >= 15 is 0 Å². The van der Waals surface area contributed by atoms with E-state index in [0.717, 1.165) is 44.6 Å². The molecule has 0 saturated carbocycles. The third kappa shape index (κ3) is 5.76. The van der Waals surface area contributed by atoms with Crippen LogP contribution >= 0.6 is 36.4 Å². The maximum absolute atomic E-state index is 14.1. The summed E-state index contributed by atoms with van der Waals surface area (Å²) in [4.78, 5) is 2.34. The second-order valence-electron chi connectivity index (χ2n) is 4.83. The Bertz CT molecular complexity index is 437. The minimum absolute atomic E-state index is 0. The van der Waals surface area contributed by atoms with Crippen LogP contribution in [-0.4, -0.2) is 31.1 Å². The molecule has 1 aromatic rings. The van der Waals surface area contributed by atoms with Gasteiger partial charge in [0.25, 0.3) is 0 Å². The van der Waals surface area contributed by atoms with E-state index in [4.69, 9.17) is 11.6 Å². The molecule has 0 aliphatic carbocycles. The molecule has 1 atom stereocenters. The van der Waals surface area contributed by atoms with Gasteiger partial charge in [0.05, 0.1) is 0 Å². The largest absolute Gasteiger partial charge is 0.314 e. The van der Waals surface area contributed by atoms with Gasteiger partial charge in [-0.05, 0) is 25.0 Å². The average Bonchev–Trinajstić information content (AvgIpc) is 2.42. The lowest BCUT2D eigenvalue weighted by molar-refractivity contribution is 0.163. The maximum Gasteiger partial charge on any atom is 0.129 e. The summed E-state index contributed by atoms with van der Waals surface area (Å²) in [6.45, 7) is 7.58. The first-order valence-corrected chi connectivity index (χ1v) is 7.11. The molecular formula is C15H22Cl3FN2. The highest BCUT2D eigenvalue weighted by Gasteiger charge is 2.23. The molecule has 2 nitrogen and oxygen atoms in total. The first kappa shape index (κ1) is 20.7. The van der Waals surface area contributed by atoms with Crippen LogP contribution in [0.2, 0.25) is 5.02 Å². The summed E-state index contributed by atoms with van der Waals surface area (Å²) in [6, 6.07) is 5.09. The second-order valence-corrected chi connectivity index (χ2v) is 5.27. The summed E-state index contributed by atoms with van der Waals surface area (Å²) in [5.41, 5.74) is 0.744. The van der Waals surface area contributed by atoms with E-state index in [1.807, 2.05) is 12.1 Å². The fraction of sp³-hybridized carbons (Fsp3) is 0.467. The highest BCUT2D eigenvalue weighted by molar-refractivity contribution is 6.30. The molecule has 0 spiro atoms. The number of piperazine rings is 1. The molecule has 1 fully saturated rings. The standard InChI is InChI=1S/C15H20ClFN2.2ClH/c1-2-3-4-15(19-9-7-18-8-10-19)13-6-5-12(16)11-14(13)17;;/h2,5-6,11,15,18H,1,3-4,7-10H2;2*1H/t15-;;/m1../s1. The van der Waals surface area contributed by atoms with Gasteiger partial charge in [0.15, 0.2) is 0 Å². The second kappa shape index (κ2) is 10.4. The Labute approximate surface area is 143 Å². The molecule has 0 radical (unpaired) electrons. The van der Waals surface area contributed by atoms with Gasteiger partial charge in [-0.25, -0.2) is 4.39 Å². The van der Waals surface area contributed by atoms with Gasteiger partial charge in [-0.2, -0.15) is 0 Å². The smallest absolute Gasteiger partial charge is 0.129 e. The SMILES string of the molecule is C=CCC[C@H](c1ccc(Cl)cc1F)N1CCNCC1.Cl.Cl. The van der Waals surface area contributed by atoms with Crippen LogP contribution in [0.1, 0.15) is 24.4 Å². The summed E-state index contributed by atoms with van der Waals surface area (Å²) in [5.74, 6) is -0.208. The Kier molecular flexibility index (Phi) is 10.3. The van der Waals surface area contributed by atoms with Gasteiger partial charge in [0, 0.05) is 42.8 Å². The maximum atomic E-state index is 14.1. The zero-order chi connectivity index (χ0) is 13.7. The normalized spacial score (nSPS) is 16.5. The molecule has 6 heteroatoms. The Morgan fingerprint density at radius 3 is 2.57 bits per heavy atom. The molecule has 0 unspecified atom stereocenters. The van der Waals surface area contributed by atoms with E-state index in [2.05, 4.69) is 16.8 Å². The molecule has 1 N–H and O–H groups in total. The zero-order valence-corrected chi connectivity index (χ0v) is 14.2. The first-order chi connectivity index (χ1) is 9.22. The molecule has 1 aliphatic rings. The van der Waals surface area contributed by atoms with Crippen LogP contribution < -0.4 is 5.32 Å². The van der Waals surface area contributed by atoms with E-state index in [9.17, 15) is 4.39 Å².